The Morgan fingerprint density at radius 1 is 1.35 bits per heavy atom. The fourth-order valence-corrected chi connectivity index (χ4v) is 2.67. The molecule has 1 aliphatic heterocycles. The van der Waals surface area contributed by atoms with E-state index >= 15 is 0 Å². The van der Waals surface area contributed by atoms with Crippen LogP contribution in [-0.2, 0) is 7.05 Å². The number of hydrogen-bond donors (Lipinski definition) is 2. The molecule has 0 saturated carbocycles. The quantitative estimate of drug-likeness (QED) is 0.891. The molecule has 2 aromatic rings. The van der Waals surface area contributed by atoms with E-state index in [4.69, 9.17) is 10.5 Å². The van der Waals surface area contributed by atoms with E-state index < -0.39 is 5.91 Å². The number of nitrogens with zero attached hydrogens (tertiary/aromatic N) is 2. The highest BCUT2D eigenvalue weighted by atomic mass is 35.5. The van der Waals surface area contributed by atoms with Crippen LogP contribution in [-0.4, -0.2) is 34.9 Å². The summed E-state index contributed by atoms with van der Waals surface area (Å²) in [6, 6.07) is 5.53. The lowest BCUT2D eigenvalue weighted by Gasteiger charge is -2.24. The SMILES string of the molecule is Cl.Cn1cc(-c2ccc(OC3CCNCC3)c(C(N)=O)c2)cn1. The highest BCUT2D eigenvalue weighted by Crippen LogP contribution is 2.28. The molecule has 0 bridgehead atoms. The Morgan fingerprint density at radius 3 is 2.70 bits per heavy atom. The average molecular weight is 337 g/mol. The van der Waals surface area contributed by atoms with Gasteiger partial charge in [0.15, 0.2) is 0 Å². The van der Waals surface area contributed by atoms with Gasteiger partial charge >= 0.3 is 0 Å². The van der Waals surface area contributed by atoms with Crippen molar-refractivity contribution in [2.75, 3.05) is 13.1 Å². The van der Waals surface area contributed by atoms with Crippen LogP contribution in [0.1, 0.15) is 23.2 Å². The molecule has 124 valence electrons. The largest absolute Gasteiger partial charge is 0.489 e. The van der Waals surface area contributed by atoms with Gasteiger partial charge in [0.2, 0.25) is 0 Å². The summed E-state index contributed by atoms with van der Waals surface area (Å²) in [6.45, 7) is 1.87. The van der Waals surface area contributed by atoms with E-state index in [-0.39, 0.29) is 18.5 Å². The summed E-state index contributed by atoms with van der Waals surface area (Å²) >= 11 is 0. The van der Waals surface area contributed by atoms with Gasteiger partial charge in [-0.3, -0.25) is 9.48 Å². The minimum absolute atomic E-state index is 0. The number of rotatable bonds is 4. The fraction of sp³-hybridized carbons (Fsp3) is 0.375. The molecule has 3 rings (SSSR count). The third-order valence-electron chi connectivity index (χ3n) is 3.86. The maximum Gasteiger partial charge on any atom is 0.252 e. The first-order chi connectivity index (χ1) is 10.6. The minimum Gasteiger partial charge on any atom is -0.489 e. The molecule has 2 heterocycles. The second-order valence-electron chi connectivity index (χ2n) is 5.55. The summed E-state index contributed by atoms with van der Waals surface area (Å²) in [4.78, 5) is 11.8. The Bertz CT molecular complexity index is 680. The summed E-state index contributed by atoms with van der Waals surface area (Å²) in [7, 11) is 1.85. The van der Waals surface area contributed by atoms with Crippen LogP contribution in [0.15, 0.2) is 30.6 Å². The number of aromatic nitrogens is 2. The van der Waals surface area contributed by atoms with Crippen molar-refractivity contribution in [3.8, 4) is 16.9 Å². The van der Waals surface area contributed by atoms with Crippen LogP contribution in [0.4, 0.5) is 0 Å². The topological polar surface area (TPSA) is 82.2 Å². The minimum atomic E-state index is -0.477. The fourth-order valence-electron chi connectivity index (χ4n) is 2.67. The smallest absolute Gasteiger partial charge is 0.252 e. The van der Waals surface area contributed by atoms with Gasteiger partial charge < -0.3 is 15.8 Å². The van der Waals surface area contributed by atoms with Crippen LogP contribution in [0.5, 0.6) is 5.75 Å². The number of hydrogen-bond acceptors (Lipinski definition) is 4. The Labute approximate surface area is 141 Å². The zero-order valence-corrected chi connectivity index (χ0v) is 13.8. The maximum atomic E-state index is 11.8. The molecule has 0 radical (unpaired) electrons. The van der Waals surface area contributed by atoms with Crippen LogP contribution in [0.3, 0.4) is 0 Å². The van der Waals surface area contributed by atoms with Gasteiger partial charge in [0.05, 0.1) is 11.8 Å². The lowest BCUT2D eigenvalue weighted by Crippen LogP contribution is -2.34. The molecule has 7 heteroatoms. The number of amides is 1. The number of ether oxygens (including phenoxy) is 1. The second-order valence-corrected chi connectivity index (χ2v) is 5.55. The van der Waals surface area contributed by atoms with Crippen LogP contribution in [0.25, 0.3) is 11.1 Å². The number of benzene rings is 1. The molecule has 0 spiro atoms. The van der Waals surface area contributed by atoms with Crippen molar-refractivity contribution in [3.63, 3.8) is 0 Å². The molecule has 1 aromatic heterocycles. The highest BCUT2D eigenvalue weighted by Gasteiger charge is 2.18. The van der Waals surface area contributed by atoms with Crippen LogP contribution in [0, 0.1) is 0 Å². The lowest BCUT2D eigenvalue weighted by molar-refractivity contribution is 0.0989. The Balaban J connectivity index is 0.00000192. The number of piperidine rings is 1. The summed E-state index contributed by atoms with van der Waals surface area (Å²) in [5, 5.41) is 7.44. The molecular formula is C16H21ClN4O2. The Morgan fingerprint density at radius 2 is 2.09 bits per heavy atom. The van der Waals surface area contributed by atoms with E-state index in [1.54, 1.807) is 16.9 Å². The predicted octanol–water partition coefficient (Wildman–Crippen LogP) is 1.74. The van der Waals surface area contributed by atoms with Crippen LogP contribution in [0.2, 0.25) is 0 Å². The normalized spacial score (nSPS) is 15.0. The third-order valence-corrected chi connectivity index (χ3v) is 3.86. The van der Waals surface area contributed by atoms with Crippen LogP contribution < -0.4 is 15.8 Å². The average Bonchev–Trinajstić information content (AvgIpc) is 2.95. The zero-order chi connectivity index (χ0) is 15.5. The number of aryl methyl sites for hydroxylation is 1. The molecule has 0 atom stereocenters. The molecule has 6 nitrogen and oxygen atoms in total. The summed E-state index contributed by atoms with van der Waals surface area (Å²) < 4.78 is 7.70. The van der Waals surface area contributed by atoms with E-state index in [0.29, 0.717) is 11.3 Å². The number of nitrogens with two attached hydrogens (primary N) is 1. The number of nitrogens with one attached hydrogen (secondary N) is 1. The van der Waals surface area contributed by atoms with E-state index in [1.165, 1.54) is 0 Å². The van der Waals surface area contributed by atoms with Gasteiger partial charge in [0, 0.05) is 18.8 Å². The molecule has 1 aliphatic rings. The standard InChI is InChI=1S/C16H20N4O2.ClH/c1-20-10-12(9-19-20)11-2-3-15(14(8-11)16(17)21)22-13-4-6-18-7-5-13;/h2-3,8-10,13,18H,4-7H2,1H3,(H2,17,21);1H. The van der Waals surface area contributed by atoms with Crippen molar-refractivity contribution in [2.24, 2.45) is 12.8 Å². The lowest BCUT2D eigenvalue weighted by atomic mass is 10.0. The van der Waals surface area contributed by atoms with Crippen molar-refractivity contribution >= 4 is 18.3 Å². The second kappa shape index (κ2) is 7.48. The van der Waals surface area contributed by atoms with E-state index in [9.17, 15) is 4.79 Å². The first-order valence-corrected chi connectivity index (χ1v) is 7.44. The third kappa shape index (κ3) is 4.03. The molecule has 3 N–H and O–H groups in total. The zero-order valence-electron chi connectivity index (χ0n) is 13.0. The molecule has 1 amide bonds. The van der Waals surface area contributed by atoms with Gasteiger partial charge in [-0.25, -0.2) is 0 Å². The molecular weight excluding hydrogens is 316 g/mol. The number of halogens is 1. The highest BCUT2D eigenvalue weighted by molar-refractivity contribution is 5.97. The molecule has 23 heavy (non-hydrogen) atoms. The van der Waals surface area contributed by atoms with Crippen LogP contribution >= 0.6 is 12.4 Å². The number of carbonyl (C=O) groups is 1. The maximum absolute atomic E-state index is 11.8. The number of carbonyl (C=O) groups excluding carboxylic acids is 1. The van der Waals surface area contributed by atoms with Crippen molar-refractivity contribution in [3.05, 3.63) is 36.2 Å². The first kappa shape index (κ1) is 17.3. The van der Waals surface area contributed by atoms with E-state index in [0.717, 1.165) is 37.1 Å². The predicted molar refractivity (Wildman–Crippen MR) is 90.9 cm³/mol. The van der Waals surface area contributed by atoms with Crippen molar-refractivity contribution < 1.29 is 9.53 Å². The van der Waals surface area contributed by atoms with E-state index in [2.05, 4.69) is 10.4 Å². The van der Waals surface area contributed by atoms with E-state index in [1.807, 2.05) is 25.4 Å². The molecule has 1 aromatic carbocycles. The molecule has 0 unspecified atom stereocenters. The van der Waals surface area contributed by atoms with Gasteiger partial charge in [-0.05, 0) is 43.6 Å². The number of primary amides is 1. The van der Waals surface area contributed by atoms with Gasteiger partial charge in [0.1, 0.15) is 11.9 Å². The summed E-state index contributed by atoms with van der Waals surface area (Å²) in [5.41, 5.74) is 7.78. The Kier molecular flexibility index (Phi) is 5.63. The van der Waals surface area contributed by atoms with Crippen molar-refractivity contribution in [1.29, 1.82) is 0 Å². The summed E-state index contributed by atoms with van der Waals surface area (Å²) in [6.07, 6.45) is 5.65. The first-order valence-electron chi connectivity index (χ1n) is 7.44. The Hall–Kier alpha value is -2.05. The van der Waals surface area contributed by atoms with Gasteiger partial charge in [-0.1, -0.05) is 6.07 Å². The molecule has 1 saturated heterocycles. The monoisotopic (exact) mass is 336 g/mol. The molecule has 0 aliphatic carbocycles. The van der Waals surface area contributed by atoms with Gasteiger partial charge in [0.25, 0.3) is 5.91 Å². The van der Waals surface area contributed by atoms with Crippen molar-refractivity contribution in [2.45, 2.75) is 18.9 Å². The van der Waals surface area contributed by atoms with Crippen molar-refractivity contribution in [1.82, 2.24) is 15.1 Å². The molecule has 1 fully saturated rings. The summed E-state index contributed by atoms with van der Waals surface area (Å²) in [5.74, 6) is 0.0849. The van der Waals surface area contributed by atoms with Gasteiger partial charge in [-0.2, -0.15) is 5.10 Å². The van der Waals surface area contributed by atoms with Gasteiger partial charge in [-0.15, -0.1) is 12.4 Å².